The minimum Gasteiger partial charge on any atom is -0.481 e. The minimum absolute atomic E-state index is 0.488. The first-order chi connectivity index (χ1) is 15.7. The number of aliphatic carboxylic acids is 1. The first kappa shape index (κ1) is 21.9. The molecule has 4 rings (SSSR count). The van der Waals surface area contributed by atoms with E-state index in [-0.39, 0.29) is 0 Å². The molecule has 160 valence electrons. The fourth-order valence-corrected chi connectivity index (χ4v) is 5.73. The lowest BCUT2D eigenvalue weighted by atomic mass is 9.84. The van der Waals surface area contributed by atoms with Crippen molar-refractivity contribution in [1.29, 1.82) is 0 Å². The Bertz CT molecular complexity index is 1020. The number of rotatable bonds is 9. The monoisotopic (exact) mass is 438 g/mol. The van der Waals surface area contributed by atoms with Crippen LogP contribution in [0.4, 0.5) is 0 Å². The molecule has 4 aromatic rings. The lowest BCUT2D eigenvalue weighted by molar-refractivity contribution is -0.140. The van der Waals surface area contributed by atoms with Crippen molar-refractivity contribution >= 4 is 17.7 Å². The molecule has 0 unspecified atom stereocenters. The number of carbonyl (C=O) groups is 1. The third kappa shape index (κ3) is 4.79. The first-order valence-corrected chi connectivity index (χ1v) is 11.8. The van der Waals surface area contributed by atoms with E-state index in [0.29, 0.717) is 12.2 Å². The molecule has 0 saturated heterocycles. The van der Waals surface area contributed by atoms with Crippen molar-refractivity contribution < 1.29 is 9.90 Å². The molecule has 0 aliphatic rings. The van der Waals surface area contributed by atoms with Gasteiger partial charge in [-0.3, -0.25) is 4.79 Å². The molecule has 0 aliphatic heterocycles. The predicted molar refractivity (Wildman–Crippen MR) is 133 cm³/mol. The van der Waals surface area contributed by atoms with Crippen molar-refractivity contribution in [1.82, 2.24) is 0 Å². The van der Waals surface area contributed by atoms with E-state index in [1.54, 1.807) is 11.8 Å². The van der Waals surface area contributed by atoms with E-state index >= 15 is 0 Å². The molecule has 3 heteroatoms. The highest BCUT2D eigenvalue weighted by Gasteiger charge is 2.38. The van der Waals surface area contributed by atoms with Crippen LogP contribution in [0.1, 0.15) is 22.3 Å². The van der Waals surface area contributed by atoms with Crippen LogP contribution in [-0.2, 0) is 16.0 Å². The molecule has 0 amide bonds. The van der Waals surface area contributed by atoms with E-state index in [1.807, 2.05) is 48.5 Å². The van der Waals surface area contributed by atoms with E-state index in [1.165, 1.54) is 0 Å². The first-order valence-electron chi connectivity index (χ1n) is 10.8. The zero-order valence-corrected chi connectivity index (χ0v) is 18.6. The molecule has 0 radical (unpaired) electrons. The Morgan fingerprint density at radius 2 is 1.03 bits per heavy atom. The molecule has 1 atom stereocenters. The summed E-state index contributed by atoms with van der Waals surface area (Å²) < 4.78 is -0.506. The summed E-state index contributed by atoms with van der Waals surface area (Å²) in [4.78, 5) is 12.2. The van der Waals surface area contributed by atoms with Crippen LogP contribution in [0.3, 0.4) is 0 Å². The predicted octanol–water partition coefficient (Wildman–Crippen LogP) is 6.66. The molecular weight excluding hydrogens is 412 g/mol. The van der Waals surface area contributed by atoms with Gasteiger partial charge in [-0.1, -0.05) is 121 Å². The second-order valence-corrected chi connectivity index (χ2v) is 9.05. The van der Waals surface area contributed by atoms with Gasteiger partial charge in [0.15, 0.2) is 0 Å². The van der Waals surface area contributed by atoms with Crippen molar-refractivity contribution in [2.24, 2.45) is 5.92 Å². The molecule has 0 bridgehead atoms. The van der Waals surface area contributed by atoms with E-state index in [2.05, 4.69) is 72.8 Å². The van der Waals surface area contributed by atoms with Gasteiger partial charge in [0.1, 0.15) is 0 Å². The van der Waals surface area contributed by atoms with Crippen molar-refractivity contribution in [2.75, 3.05) is 5.75 Å². The van der Waals surface area contributed by atoms with Gasteiger partial charge in [-0.15, -0.1) is 11.8 Å². The van der Waals surface area contributed by atoms with Crippen molar-refractivity contribution in [3.8, 4) is 0 Å². The van der Waals surface area contributed by atoms with Crippen molar-refractivity contribution in [3.05, 3.63) is 144 Å². The summed E-state index contributed by atoms with van der Waals surface area (Å²) in [5.41, 5.74) is 4.48. The highest BCUT2D eigenvalue weighted by Crippen LogP contribution is 2.49. The molecular formula is C29H26O2S. The molecule has 1 N–H and O–H groups in total. The molecule has 32 heavy (non-hydrogen) atoms. The normalized spacial score (nSPS) is 12.2. The van der Waals surface area contributed by atoms with Gasteiger partial charge in [0, 0.05) is 5.75 Å². The second kappa shape index (κ2) is 10.3. The zero-order chi connectivity index (χ0) is 22.2. The summed E-state index contributed by atoms with van der Waals surface area (Å²) in [6.45, 7) is 0. The molecule has 0 heterocycles. The number of hydrogen-bond donors (Lipinski definition) is 1. The number of hydrogen-bond acceptors (Lipinski definition) is 2. The van der Waals surface area contributed by atoms with Crippen LogP contribution in [0.25, 0.3) is 0 Å². The topological polar surface area (TPSA) is 37.3 Å². The maximum absolute atomic E-state index is 12.2. The van der Waals surface area contributed by atoms with Crippen molar-refractivity contribution in [3.63, 3.8) is 0 Å². The van der Waals surface area contributed by atoms with Crippen LogP contribution >= 0.6 is 11.8 Å². The second-order valence-electron chi connectivity index (χ2n) is 7.82. The lowest BCUT2D eigenvalue weighted by Gasteiger charge is -2.36. The number of thioether (sulfide) groups is 1. The van der Waals surface area contributed by atoms with Gasteiger partial charge in [0.05, 0.1) is 10.7 Å². The average Bonchev–Trinajstić information content (AvgIpc) is 2.86. The van der Waals surface area contributed by atoms with E-state index in [4.69, 9.17) is 0 Å². The third-order valence-corrected chi connectivity index (χ3v) is 7.43. The fraction of sp³-hybridized carbons (Fsp3) is 0.138. The highest BCUT2D eigenvalue weighted by molar-refractivity contribution is 8.00. The van der Waals surface area contributed by atoms with E-state index in [9.17, 15) is 9.90 Å². The number of carboxylic acid groups (broad SMARTS) is 1. The number of benzene rings is 4. The van der Waals surface area contributed by atoms with E-state index < -0.39 is 16.6 Å². The molecule has 4 aromatic carbocycles. The van der Waals surface area contributed by atoms with Crippen LogP contribution in [-0.4, -0.2) is 16.8 Å². The lowest BCUT2D eigenvalue weighted by Crippen LogP contribution is -2.29. The Labute approximate surface area is 194 Å². The van der Waals surface area contributed by atoms with E-state index in [0.717, 1.165) is 22.3 Å². The molecule has 0 spiro atoms. The van der Waals surface area contributed by atoms with Crippen LogP contribution in [0.5, 0.6) is 0 Å². The van der Waals surface area contributed by atoms with Gasteiger partial charge < -0.3 is 5.11 Å². The quantitative estimate of drug-likeness (QED) is 0.297. The Morgan fingerprint density at radius 3 is 1.41 bits per heavy atom. The van der Waals surface area contributed by atoms with Crippen LogP contribution in [0.15, 0.2) is 121 Å². The summed E-state index contributed by atoms with van der Waals surface area (Å²) in [6, 6.07) is 41.1. The summed E-state index contributed by atoms with van der Waals surface area (Å²) in [6.07, 6.45) is 0.512. The molecule has 0 saturated carbocycles. The maximum atomic E-state index is 12.2. The third-order valence-electron chi connectivity index (χ3n) is 5.72. The fourth-order valence-electron chi connectivity index (χ4n) is 4.11. The molecule has 2 nitrogen and oxygen atoms in total. The smallest absolute Gasteiger partial charge is 0.307 e. The molecule has 0 aliphatic carbocycles. The molecule has 0 fully saturated rings. The number of carboxylic acids is 1. The Morgan fingerprint density at radius 1 is 0.656 bits per heavy atom. The Kier molecular flexibility index (Phi) is 7.08. The summed E-state index contributed by atoms with van der Waals surface area (Å²) in [5, 5.41) is 10.0. The van der Waals surface area contributed by atoms with Gasteiger partial charge in [0.2, 0.25) is 0 Å². The van der Waals surface area contributed by atoms with Gasteiger partial charge in [0.25, 0.3) is 0 Å². The average molecular weight is 439 g/mol. The van der Waals surface area contributed by atoms with Crippen LogP contribution < -0.4 is 0 Å². The summed E-state index contributed by atoms with van der Waals surface area (Å²) in [5.74, 6) is -0.759. The van der Waals surface area contributed by atoms with Crippen molar-refractivity contribution in [2.45, 2.75) is 11.2 Å². The highest BCUT2D eigenvalue weighted by atomic mass is 32.2. The maximum Gasteiger partial charge on any atom is 0.307 e. The SMILES string of the molecule is O=C(O)[C@H](CSC(c1ccccc1)(c1ccccc1)c1ccccc1)Cc1ccccc1. The largest absolute Gasteiger partial charge is 0.481 e. The van der Waals surface area contributed by atoms with Gasteiger partial charge in [-0.25, -0.2) is 0 Å². The van der Waals surface area contributed by atoms with Gasteiger partial charge in [-0.2, -0.15) is 0 Å². The van der Waals surface area contributed by atoms with Gasteiger partial charge >= 0.3 is 5.97 Å². The minimum atomic E-state index is -0.760. The Hall–Kier alpha value is -3.30. The Balaban J connectivity index is 1.78. The van der Waals surface area contributed by atoms with Crippen LogP contribution in [0, 0.1) is 5.92 Å². The summed E-state index contributed by atoms with van der Waals surface area (Å²) in [7, 11) is 0. The van der Waals surface area contributed by atoms with Gasteiger partial charge in [-0.05, 0) is 28.7 Å². The van der Waals surface area contributed by atoms with Crippen LogP contribution in [0.2, 0.25) is 0 Å². The standard InChI is InChI=1S/C29H26O2S/c30-28(31)24(21-23-13-5-1-6-14-23)22-32-29(25-15-7-2-8-16-25,26-17-9-3-10-18-26)27-19-11-4-12-20-27/h1-20,24H,21-22H2,(H,30,31)/t24-/m0/s1. The summed E-state index contributed by atoms with van der Waals surface area (Å²) >= 11 is 1.70. The zero-order valence-electron chi connectivity index (χ0n) is 17.8. The molecule has 0 aromatic heterocycles.